The Morgan fingerprint density at radius 1 is 1.71 bits per heavy atom. The summed E-state index contributed by atoms with van der Waals surface area (Å²) in [5.74, 6) is -2.03. The summed E-state index contributed by atoms with van der Waals surface area (Å²) in [6, 6.07) is 0. The second-order valence-electron chi connectivity index (χ2n) is 1.16. The van der Waals surface area contributed by atoms with Crippen molar-refractivity contribution < 1.29 is 18.7 Å². The first kappa shape index (κ1) is 7.08. The van der Waals surface area contributed by atoms with Crippen LogP contribution in [-0.2, 0) is 4.57 Å². The summed E-state index contributed by atoms with van der Waals surface area (Å²) in [5.41, 5.74) is 0. The molecule has 0 saturated heterocycles. The lowest BCUT2D eigenvalue weighted by Crippen LogP contribution is -1.91. The van der Waals surface area contributed by atoms with Crippen molar-refractivity contribution in [2.45, 2.75) is 12.8 Å². The van der Waals surface area contributed by atoms with Crippen LogP contribution in [0.4, 0.5) is 4.39 Å². The minimum Gasteiger partial charge on any atom is -0.322 e. The van der Waals surface area contributed by atoms with E-state index in [0.717, 1.165) is 6.92 Å². The zero-order valence-electron chi connectivity index (χ0n) is 3.71. The first-order valence-corrected chi connectivity index (χ1v) is 3.32. The van der Waals surface area contributed by atoms with Crippen LogP contribution in [0.15, 0.2) is 0 Å². The second kappa shape index (κ2) is 1.90. The minimum absolute atomic E-state index is 0.820. The minimum atomic E-state index is -4.40. The molecule has 0 radical (unpaired) electrons. The fourth-order valence-electron chi connectivity index (χ4n) is 0. The Balaban J connectivity index is 3.80. The van der Waals surface area contributed by atoms with E-state index in [1.54, 1.807) is 0 Å². The molecule has 0 spiro atoms. The van der Waals surface area contributed by atoms with Crippen LogP contribution in [0, 0.1) is 0 Å². The van der Waals surface area contributed by atoms with E-state index in [1.807, 2.05) is 0 Å². The van der Waals surface area contributed by atoms with Crippen molar-refractivity contribution in [3.05, 3.63) is 0 Å². The summed E-state index contributed by atoms with van der Waals surface area (Å²) < 4.78 is 21.1. The first-order valence-electron chi connectivity index (χ1n) is 1.64. The molecule has 0 fully saturated rings. The molecule has 0 aliphatic rings. The average molecular weight is 128 g/mol. The SMILES string of the molecule is C[C@@H](F)P(=O)(O)O. The Morgan fingerprint density at radius 3 is 1.86 bits per heavy atom. The molecule has 0 aromatic rings. The number of halogens is 1. The Hall–Kier alpha value is 0.0800. The van der Waals surface area contributed by atoms with E-state index < -0.39 is 13.5 Å². The van der Waals surface area contributed by atoms with Crippen LogP contribution in [0.1, 0.15) is 6.92 Å². The number of alkyl halides is 1. The van der Waals surface area contributed by atoms with E-state index in [4.69, 9.17) is 9.79 Å². The second-order valence-corrected chi connectivity index (χ2v) is 3.05. The maximum Gasteiger partial charge on any atom is 0.359 e. The number of rotatable bonds is 1. The van der Waals surface area contributed by atoms with Crippen LogP contribution in [0.25, 0.3) is 0 Å². The predicted octanol–water partition coefficient (Wildman–Crippen LogP) is 0.480. The van der Waals surface area contributed by atoms with Gasteiger partial charge in [-0.25, -0.2) is 4.39 Å². The van der Waals surface area contributed by atoms with Gasteiger partial charge in [0.1, 0.15) is 0 Å². The fraction of sp³-hybridized carbons (Fsp3) is 1.00. The van der Waals surface area contributed by atoms with Crippen molar-refractivity contribution in [2.75, 3.05) is 0 Å². The molecule has 0 aliphatic carbocycles. The Bertz CT molecular complexity index is 95.1. The quantitative estimate of drug-likeness (QED) is 0.505. The lowest BCUT2D eigenvalue weighted by atomic mass is 10.9. The maximum absolute atomic E-state index is 11.4. The molecular weight excluding hydrogens is 122 g/mol. The van der Waals surface area contributed by atoms with E-state index in [2.05, 4.69) is 0 Å². The van der Waals surface area contributed by atoms with Crippen LogP contribution in [-0.4, -0.2) is 15.7 Å². The van der Waals surface area contributed by atoms with Gasteiger partial charge >= 0.3 is 7.60 Å². The molecule has 0 amide bonds. The Labute approximate surface area is 40.3 Å². The van der Waals surface area contributed by atoms with E-state index in [1.165, 1.54) is 0 Å². The van der Waals surface area contributed by atoms with Gasteiger partial charge in [-0.05, 0) is 6.92 Å². The van der Waals surface area contributed by atoms with Crippen LogP contribution in [0.2, 0.25) is 0 Å². The molecule has 44 valence electrons. The molecule has 2 N–H and O–H groups in total. The van der Waals surface area contributed by atoms with Crippen molar-refractivity contribution in [3.8, 4) is 0 Å². The third kappa shape index (κ3) is 2.74. The summed E-state index contributed by atoms with van der Waals surface area (Å²) in [5, 5.41) is 0. The Morgan fingerprint density at radius 2 is 1.86 bits per heavy atom. The summed E-state index contributed by atoms with van der Waals surface area (Å²) in [4.78, 5) is 15.7. The molecule has 0 aromatic heterocycles. The van der Waals surface area contributed by atoms with E-state index in [-0.39, 0.29) is 0 Å². The molecule has 0 aromatic carbocycles. The van der Waals surface area contributed by atoms with Crippen molar-refractivity contribution in [1.29, 1.82) is 0 Å². The molecule has 3 nitrogen and oxygen atoms in total. The highest BCUT2D eigenvalue weighted by Gasteiger charge is 2.22. The summed E-state index contributed by atoms with van der Waals surface area (Å²) in [7, 11) is -4.40. The predicted molar refractivity (Wildman–Crippen MR) is 22.6 cm³/mol. The standard InChI is InChI=1S/C2H6FO3P/c1-2(3)7(4,5)6/h2H,1H3,(H2,4,5,6)/t2-/m0/s1. The van der Waals surface area contributed by atoms with Gasteiger partial charge in [-0.2, -0.15) is 0 Å². The van der Waals surface area contributed by atoms with Crippen molar-refractivity contribution in [1.82, 2.24) is 0 Å². The van der Waals surface area contributed by atoms with Crippen LogP contribution < -0.4 is 0 Å². The zero-order valence-corrected chi connectivity index (χ0v) is 4.60. The molecule has 0 unspecified atom stereocenters. The summed E-state index contributed by atoms with van der Waals surface area (Å²) in [6.45, 7) is 0.820. The summed E-state index contributed by atoms with van der Waals surface area (Å²) in [6.07, 6.45) is 0. The maximum atomic E-state index is 11.4. The van der Waals surface area contributed by atoms with Crippen molar-refractivity contribution in [2.24, 2.45) is 0 Å². The van der Waals surface area contributed by atoms with Gasteiger partial charge in [-0.3, -0.25) is 4.57 Å². The van der Waals surface area contributed by atoms with Crippen LogP contribution in [0.3, 0.4) is 0 Å². The highest BCUT2D eigenvalue weighted by molar-refractivity contribution is 7.52. The van der Waals surface area contributed by atoms with Gasteiger partial charge in [-0.1, -0.05) is 0 Å². The third-order valence-electron chi connectivity index (χ3n) is 0.463. The average Bonchev–Trinajstić information content (AvgIpc) is 1.31. The zero-order chi connectivity index (χ0) is 6.08. The van der Waals surface area contributed by atoms with E-state index in [9.17, 15) is 8.96 Å². The van der Waals surface area contributed by atoms with Gasteiger partial charge in [0.05, 0.1) is 0 Å². The molecular formula is C2H6FO3P. The molecule has 7 heavy (non-hydrogen) atoms. The van der Waals surface area contributed by atoms with Gasteiger partial charge < -0.3 is 9.79 Å². The lowest BCUT2D eigenvalue weighted by molar-refractivity contribution is 0.310. The van der Waals surface area contributed by atoms with Gasteiger partial charge in [0.15, 0.2) is 5.91 Å². The third-order valence-corrected chi connectivity index (χ3v) is 1.39. The molecule has 0 bridgehead atoms. The van der Waals surface area contributed by atoms with Gasteiger partial charge in [0, 0.05) is 0 Å². The molecule has 5 heteroatoms. The lowest BCUT2D eigenvalue weighted by Gasteiger charge is -2.00. The van der Waals surface area contributed by atoms with Crippen LogP contribution >= 0.6 is 7.60 Å². The molecule has 1 atom stereocenters. The van der Waals surface area contributed by atoms with Crippen molar-refractivity contribution in [3.63, 3.8) is 0 Å². The molecule has 0 saturated carbocycles. The van der Waals surface area contributed by atoms with E-state index in [0.29, 0.717) is 0 Å². The Kier molecular flexibility index (Phi) is 1.92. The van der Waals surface area contributed by atoms with Crippen molar-refractivity contribution >= 4 is 7.60 Å². The highest BCUT2D eigenvalue weighted by atomic mass is 31.2. The fourth-order valence-corrected chi connectivity index (χ4v) is 0. The van der Waals surface area contributed by atoms with Gasteiger partial charge in [-0.15, -0.1) is 0 Å². The monoisotopic (exact) mass is 128 g/mol. The topological polar surface area (TPSA) is 57.5 Å². The van der Waals surface area contributed by atoms with Crippen LogP contribution in [0.5, 0.6) is 0 Å². The normalized spacial score (nSPS) is 16.6. The molecule has 0 aliphatic heterocycles. The molecule has 0 rings (SSSR count). The first-order chi connectivity index (χ1) is 2.94. The van der Waals surface area contributed by atoms with Gasteiger partial charge in [0.25, 0.3) is 0 Å². The van der Waals surface area contributed by atoms with E-state index >= 15 is 0 Å². The summed E-state index contributed by atoms with van der Waals surface area (Å²) >= 11 is 0. The van der Waals surface area contributed by atoms with Gasteiger partial charge in [0.2, 0.25) is 0 Å². The highest BCUT2D eigenvalue weighted by Crippen LogP contribution is 2.41. The smallest absolute Gasteiger partial charge is 0.322 e. The molecule has 0 heterocycles. The largest absolute Gasteiger partial charge is 0.359 e. The number of hydrogen-bond donors (Lipinski definition) is 2. The number of hydrogen-bond acceptors (Lipinski definition) is 1.